The lowest BCUT2D eigenvalue weighted by Crippen LogP contribution is -2.26. The van der Waals surface area contributed by atoms with Crippen molar-refractivity contribution < 1.29 is 9.53 Å². The number of ether oxygens (including phenoxy) is 1. The van der Waals surface area contributed by atoms with E-state index in [0.29, 0.717) is 24.6 Å². The highest BCUT2D eigenvalue weighted by Gasteiger charge is 2.07. The van der Waals surface area contributed by atoms with Gasteiger partial charge < -0.3 is 15.4 Å². The molecule has 6 heteroatoms. The van der Waals surface area contributed by atoms with Gasteiger partial charge in [-0.15, -0.1) is 10.2 Å². The van der Waals surface area contributed by atoms with E-state index in [9.17, 15) is 4.79 Å². The van der Waals surface area contributed by atoms with Crippen molar-refractivity contribution in [3.05, 3.63) is 83.6 Å². The van der Waals surface area contributed by atoms with Gasteiger partial charge in [0.15, 0.2) is 5.69 Å². The van der Waals surface area contributed by atoms with Crippen LogP contribution in [0, 0.1) is 0 Å². The molecule has 2 aromatic carbocycles. The lowest BCUT2D eigenvalue weighted by Gasteiger charge is -2.07. The van der Waals surface area contributed by atoms with Crippen LogP contribution in [0.1, 0.15) is 21.6 Å². The van der Waals surface area contributed by atoms with Gasteiger partial charge in [0, 0.05) is 13.1 Å². The summed E-state index contributed by atoms with van der Waals surface area (Å²) < 4.78 is 5.13. The van der Waals surface area contributed by atoms with E-state index in [0.717, 1.165) is 23.3 Å². The van der Waals surface area contributed by atoms with Crippen molar-refractivity contribution in [2.75, 3.05) is 19.0 Å². The number of nitrogens with zero attached hydrogens (tertiary/aromatic N) is 2. The first kappa shape index (κ1) is 18.4. The molecule has 0 bridgehead atoms. The molecule has 1 heterocycles. The van der Waals surface area contributed by atoms with E-state index in [2.05, 4.69) is 20.8 Å². The van der Waals surface area contributed by atoms with Crippen LogP contribution in [0.2, 0.25) is 0 Å². The fourth-order valence-corrected chi connectivity index (χ4v) is 2.54. The summed E-state index contributed by atoms with van der Waals surface area (Å²) >= 11 is 0. The Hall–Kier alpha value is -3.41. The lowest BCUT2D eigenvalue weighted by molar-refractivity contribution is 0.0948. The van der Waals surface area contributed by atoms with E-state index in [1.807, 2.05) is 54.6 Å². The summed E-state index contributed by atoms with van der Waals surface area (Å²) in [5, 5.41) is 14.1. The fourth-order valence-electron chi connectivity index (χ4n) is 2.54. The number of benzene rings is 2. The van der Waals surface area contributed by atoms with E-state index in [1.54, 1.807) is 19.2 Å². The molecular formula is C21H22N4O2. The van der Waals surface area contributed by atoms with Gasteiger partial charge in [0.25, 0.3) is 5.91 Å². The Morgan fingerprint density at radius 2 is 1.70 bits per heavy atom. The van der Waals surface area contributed by atoms with Crippen LogP contribution in [0.5, 0.6) is 5.75 Å². The number of carbonyl (C=O) groups excluding carboxylic acids is 1. The molecule has 2 N–H and O–H groups in total. The molecule has 3 rings (SSSR count). The van der Waals surface area contributed by atoms with Crippen LogP contribution in [0.3, 0.4) is 0 Å². The predicted molar refractivity (Wildman–Crippen MR) is 105 cm³/mol. The second-order valence-electron chi connectivity index (χ2n) is 6.00. The molecule has 0 aliphatic carbocycles. The summed E-state index contributed by atoms with van der Waals surface area (Å²) in [6.45, 7) is 1.18. The van der Waals surface area contributed by atoms with Gasteiger partial charge in [0.1, 0.15) is 11.6 Å². The SMILES string of the molecule is COc1ccc(CCNC(=O)c2ccc(NCc3ccccc3)nn2)cc1. The molecule has 0 saturated carbocycles. The first-order valence-electron chi connectivity index (χ1n) is 8.77. The molecule has 1 aromatic heterocycles. The zero-order chi connectivity index (χ0) is 18.9. The number of carbonyl (C=O) groups is 1. The molecule has 0 unspecified atom stereocenters. The van der Waals surface area contributed by atoms with Gasteiger partial charge >= 0.3 is 0 Å². The second-order valence-corrected chi connectivity index (χ2v) is 6.00. The molecule has 0 fully saturated rings. The van der Waals surface area contributed by atoms with Crippen LogP contribution in [-0.2, 0) is 13.0 Å². The monoisotopic (exact) mass is 362 g/mol. The van der Waals surface area contributed by atoms with E-state index >= 15 is 0 Å². The van der Waals surface area contributed by atoms with E-state index in [1.165, 1.54) is 0 Å². The first-order valence-corrected chi connectivity index (χ1v) is 8.77. The Morgan fingerprint density at radius 3 is 2.37 bits per heavy atom. The minimum Gasteiger partial charge on any atom is -0.497 e. The average Bonchev–Trinajstić information content (AvgIpc) is 2.74. The topological polar surface area (TPSA) is 76.1 Å². The fraction of sp³-hybridized carbons (Fsp3) is 0.190. The number of hydrogen-bond donors (Lipinski definition) is 2. The summed E-state index contributed by atoms with van der Waals surface area (Å²) in [4.78, 5) is 12.2. The average molecular weight is 362 g/mol. The normalized spacial score (nSPS) is 10.3. The summed E-state index contributed by atoms with van der Waals surface area (Å²) in [7, 11) is 1.64. The molecule has 138 valence electrons. The predicted octanol–water partition coefficient (Wildman–Crippen LogP) is 3.07. The number of methoxy groups -OCH3 is 1. The molecule has 3 aromatic rings. The summed E-state index contributed by atoms with van der Waals surface area (Å²) in [5.41, 5.74) is 2.58. The minimum absolute atomic E-state index is 0.231. The number of amides is 1. The zero-order valence-electron chi connectivity index (χ0n) is 15.2. The Morgan fingerprint density at radius 1 is 0.926 bits per heavy atom. The van der Waals surface area contributed by atoms with Gasteiger partial charge in [0.2, 0.25) is 0 Å². The first-order chi connectivity index (χ1) is 13.2. The van der Waals surface area contributed by atoms with Gasteiger partial charge in [-0.25, -0.2) is 0 Å². The summed E-state index contributed by atoms with van der Waals surface area (Å²) in [6, 6.07) is 21.2. The molecular weight excluding hydrogens is 340 g/mol. The van der Waals surface area contributed by atoms with Crippen molar-refractivity contribution in [1.29, 1.82) is 0 Å². The lowest BCUT2D eigenvalue weighted by atomic mass is 10.1. The third-order valence-electron chi connectivity index (χ3n) is 4.07. The summed E-state index contributed by atoms with van der Waals surface area (Å²) in [5.74, 6) is 1.22. The van der Waals surface area contributed by atoms with Gasteiger partial charge in [0.05, 0.1) is 7.11 Å². The minimum atomic E-state index is -0.231. The maximum Gasteiger partial charge on any atom is 0.271 e. The van der Waals surface area contributed by atoms with Crippen LogP contribution in [0.15, 0.2) is 66.7 Å². The molecule has 0 aliphatic heterocycles. The maximum atomic E-state index is 12.2. The van der Waals surface area contributed by atoms with Crippen molar-refractivity contribution in [3.8, 4) is 5.75 Å². The highest BCUT2D eigenvalue weighted by molar-refractivity contribution is 5.92. The molecule has 0 radical (unpaired) electrons. The molecule has 1 amide bonds. The highest BCUT2D eigenvalue weighted by Crippen LogP contribution is 2.11. The van der Waals surface area contributed by atoms with Crippen LogP contribution < -0.4 is 15.4 Å². The van der Waals surface area contributed by atoms with Crippen molar-refractivity contribution in [3.63, 3.8) is 0 Å². The van der Waals surface area contributed by atoms with Crippen molar-refractivity contribution in [2.24, 2.45) is 0 Å². The number of anilines is 1. The third-order valence-corrected chi connectivity index (χ3v) is 4.07. The highest BCUT2D eigenvalue weighted by atomic mass is 16.5. The maximum absolute atomic E-state index is 12.2. The smallest absolute Gasteiger partial charge is 0.271 e. The Bertz CT molecular complexity index is 850. The van der Waals surface area contributed by atoms with Crippen molar-refractivity contribution in [2.45, 2.75) is 13.0 Å². The van der Waals surface area contributed by atoms with Crippen LogP contribution in [-0.4, -0.2) is 29.8 Å². The van der Waals surface area contributed by atoms with Crippen LogP contribution in [0.4, 0.5) is 5.82 Å². The molecule has 0 saturated heterocycles. The van der Waals surface area contributed by atoms with Gasteiger partial charge in [-0.1, -0.05) is 42.5 Å². The molecule has 0 spiro atoms. The second kappa shape index (κ2) is 9.33. The van der Waals surface area contributed by atoms with Crippen LogP contribution >= 0.6 is 0 Å². The molecule has 0 atom stereocenters. The third kappa shape index (κ3) is 5.54. The van der Waals surface area contributed by atoms with Gasteiger partial charge in [-0.2, -0.15) is 0 Å². The molecule has 27 heavy (non-hydrogen) atoms. The molecule has 6 nitrogen and oxygen atoms in total. The zero-order valence-corrected chi connectivity index (χ0v) is 15.2. The van der Waals surface area contributed by atoms with Crippen molar-refractivity contribution in [1.82, 2.24) is 15.5 Å². The van der Waals surface area contributed by atoms with Gasteiger partial charge in [-0.05, 0) is 41.8 Å². The van der Waals surface area contributed by atoms with E-state index < -0.39 is 0 Å². The van der Waals surface area contributed by atoms with E-state index in [4.69, 9.17) is 4.74 Å². The quantitative estimate of drug-likeness (QED) is 0.644. The molecule has 0 aliphatic rings. The van der Waals surface area contributed by atoms with Crippen molar-refractivity contribution >= 4 is 11.7 Å². The van der Waals surface area contributed by atoms with Crippen LogP contribution in [0.25, 0.3) is 0 Å². The number of hydrogen-bond acceptors (Lipinski definition) is 5. The Balaban J connectivity index is 1.45. The largest absolute Gasteiger partial charge is 0.497 e. The number of aromatic nitrogens is 2. The Kier molecular flexibility index (Phi) is 6.35. The Labute approximate surface area is 158 Å². The van der Waals surface area contributed by atoms with E-state index in [-0.39, 0.29) is 5.91 Å². The van der Waals surface area contributed by atoms with Gasteiger partial charge in [-0.3, -0.25) is 4.79 Å². The standard InChI is InChI=1S/C21H22N4O2/c1-27-18-9-7-16(8-10-18)13-14-22-21(26)19-11-12-20(25-24-19)23-15-17-5-3-2-4-6-17/h2-12H,13-15H2,1H3,(H,22,26)(H,23,25). The number of rotatable bonds is 8. The summed E-state index contributed by atoms with van der Waals surface area (Å²) in [6.07, 6.45) is 0.736. The number of nitrogens with one attached hydrogen (secondary N) is 2.